The summed E-state index contributed by atoms with van der Waals surface area (Å²) in [5.74, 6) is -5.28. The zero-order valence-corrected chi connectivity index (χ0v) is 35.4. The third-order valence-corrected chi connectivity index (χ3v) is 7.19. The van der Waals surface area contributed by atoms with Gasteiger partial charge in [0.2, 0.25) is 0 Å². The van der Waals surface area contributed by atoms with Crippen molar-refractivity contribution in [1.29, 1.82) is 0 Å². The third kappa shape index (κ3) is 98.3. The summed E-state index contributed by atoms with van der Waals surface area (Å²) in [6.07, 6.45) is 9.62. The first-order valence-corrected chi connectivity index (χ1v) is 20.4. The van der Waals surface area contributed by atoms with Crippen LogP contribution in [0.3, 0.4) is 0 Å². The maximum absolute atomic E-state index is 11.1. The molecule has 0 aromatic heterocycles. The number of ether oxygens (including phenoxy) is 2. The first-order valence-electron chi connectivity index (χ1n) is 20.4. The number of carboxylic acids is 5. The Bertz CT molecular complexity index is 1070. The van der Waals surface area contributed by atoms with Gasteiger partial charge in [0.15, 0.2) is 0 Å². The molecular formula is C45H92O21. The van der Waals surface area contributed by atoms with E-state index in [2.05, 4.69) is 4.74 Å². The van der Waals surface area contributed by atoms with E-state index in [9.17, 15) is 43.2 Å². The molecule has 0 radical (unpaired) electrons. The Morgan fingerprint density at radius 2 is 0.530 bits per heavy atom. The zero-order valence-electron chi connectivity index (χ0n) is 35.4. The van der Waals surface area contributed by atoms with Gasteiger partial charge in [0.25, 0.3) is 0 Å². The van der Waals surface area contributed by atoms with Gasteiger partial charge in [0.05, 0.1) is 32.5 Å². The van der Waals surface area contributed by atoms with E-state index >= 15 is 0 Å². The molecule has 21 nitrogen and oxygen atoms in total. The minimum absolute atomic E-state index is 0. The van der Waals surface area contributed by atoms with Crippen molar-refractivity contribution < 1.29 is 104 Å². The van der Waals surface area contributed by atoms with Gasteiger partial charge in [-0.05, 0) is 70.6 Å². The summed E-state index contributed by atoms with van der Waals surface area (Å²) in [6, 6.07) is 0. The summed E-state index contributed by atoms with van der Waals surface area (Å²) >= 11 is 0. The Hall–Kier alpha value is -4.57. The maximum atomic E-state index is 11.1. The molecule has 0 aliphatic heterocycles. The lowest BCUT2D eigenvalue weighted by molar-refractivity contribution is -0.147. The van der Waals surface area contributed by atoms with E-state index in [1.54, 1.807) is 0 Å². The van der Waals surface area contributed by atoms with Crippen molar-refractivity contribution in [3.05, 3.63) is 0 Å². The van der Waals surface area contributed by atoms with Gasteiger partial charge < -0.3 is 60.5 Å². The number of Topliss-reactive ketones (excluding diaryl/α,β-unsaturated/α-hetero) is 2. The molecule has 0 amide bonds. The van der Waals surface area contributed by atoms with Crippen molar-refractivity contribution in [2.45, 2.75) is 191 Å². The second kappa shape index (κ2) is 69.5. The first-order chi connectivity index (χ1) is 28.9. The van der Waals surface area contributed by atoms with Crippen LogP contribution in [0, 0.1) is 0 Å². The highest BCUT2D eigenvalue weighted by Gasteiger charge is 2.07. The van der Waals surface area contributed by atoms with Crippen molar-refractivity contribution in [1.82, 2.24) is 0 Å². The van der Waals surface area contributed by atoms with Gasteiger partial charge in [-0.2, -0.15) is 0 Å². The molecular weight excluding hydrogens is 876 g/mol. The molecule has 0 spiro atoms. The van der Waals surface area contributed by atoms with Crippen molar-refractivity contribution in [3.8, 4) is 0 Å². The van der Waals surface area contributed by atoms with Crippen LogP contribution >= 0.6 is 0 Å². The molecule has 0 aromatic carbocycles. The quantitative estimate of drug-likeness (QED) is 0.0254. The lowest BCUT2D eigenvalue weighted by atomic mass is 10.1. The number of hydrogen-bond acceptors (Lipinski definition) is 16. The Morgan fingerprint density at radius 1 is 0.258 bits per heavy atom. The number of esters is 2. The molecule has 0 saturated carbocycles. The molecule has 0 unspecified atom stereocenters. The molecule has 0 fully saturated rings. The molecule has 66 heavy (non-hydrogen) atoms. The van der Waals surface area contributed by atoms with Crippen LogP contribution in [0.1, 0.15) is 191 Å². The molecule has 0 heterocycles. The fraction of sp³-hybridized carbons (Fsp3) is 0.800. The molecule has 398 valence electrons. The Morgan fingerprint density at radius 3 is 0.864 bits per heavy atom. The molecule has 0 aliphatic rings. The van der Waals surface area contributed by atoms with E-state index in [0.29, 0.717) is 77.2 Å². The van der Waals surface area contributed by atoms with Gasteiger partial charge in [0.1, 0.15) is 11.6 Å². The number of carbonyl (C=O) groups is 9. The predicted molar refractivity (Wildman–Crippen MR) is 250 cm³/mol. The average molecular weight is 969 g/mol. The number of aliphatic hydroxyl groups is 5. The van der Waals surface area contributed by atoms with Crippen LogP contribution in [0.25, 0.3) is 0 Å². The van der Waals surface area contributed by atoms with Crippen molar-refractivity contribution in [2.75, 3.05) is 46.2 Å². The highest BCUT2D eigenvalue weighted by atomic mass is 16.5. The van der Waals surface area contributed by atoms with Crippen LogP contribution in [0.4, 0.5) is 0 Å². The number of unbranched alkanes of at least 4 members (excludes halogenated alkanes) is 6. The normalized spacial score (nSPS) is 8.98. The summed E-state index contributed by atoms with van der Waals surface area (Å²) in [4.78, 5) is 93.8. The molecule has 0 saturated heterocycles. The third-order valence-electron chi connectivity index (χ3n) is 7.19. The van der Waals surface area contributed by atoms with E-state index in [0.717, 1.165) is 32.1 Å². The smallest absolute Gasteiger partial charge is 0.306 e. The first kappa shape index (κ1) is 84.8. The zero-order chi connectivity index (χ0) is 47.5. The van der Waals surface area contributed by atoms with E-state index in [1.165, 1.54) is 0 Å². The van der Waals surface area contributed by atoms with Crippen LogP contribution in [-0.4, -0.2) is 151 Å². The standard InChI is InChI=1S/C10H18O4.C9H16O5.C9H16O4.C8H14O5.C4H8O3.5CH4/c11-8-3-1-2-5-9(12)6-4-7-10(13)14;10-6-1-2-7-14-9(13)5-3-4-8(11)12;10-7-3-1-2-4-8(11)5-6-9(12)13;9-5-1-2-6-13-8(12)4-3-7(10)11;5-3-1-2-4(6)7;;;;;/h11H,1-8H2,(H,13,14);10H,1-7H2,(H,11,12);10H,1-7H2,(H,12,13);9H,1-6H2,(H,10,11);5H,1-3H2,(H,6,7);5*1H4. The number of rotatable bonds is 35. The largest absolute Gasteiger partial charge is 0.481 e. The van der Waals surface area contributed by atoms with E-state index in [1.807, 2.05) is 0 Å². The average Bonchev–Trinajstić information content (AvgIpc) is 3.20. The second-order valence-corrected chi connectivity index (χ2v) is 13.0. The van der Waals surface area contributed by atoms with Crippen molar-refractivity contribution >= 4 is 53.4 Å². The fourth-order valence-electron chi connectivity index (χ4n) is 3.92. The molecule has 10 N–H and O–H groups in total. The fourth-order valence-corrected chi connectivity index (χ4v) is 3.92. The van der Waals surface area contributed by atoms with Crippen molar-refractivity contribution in [3.63, 3.8) is 0 Å². The number of carbonyl (C=O) groups excluding carboxylic acids is 4. The highest BCUT2D eigenvalue weighted by molar-refractivity contribution is 5.82. The van der Waals surface area contributed by atoms with Gasteiger partial charge in [0, 0.05) is 84.4 Å². The lowest BCUT2D eigenvalue weighted by Crippen LogP contribution is -2.08. The van der Waals surface area contributed by atoms with Crippen LogP contribution < -0.4 is 0 Å². The van der Waals surface area contributed by atoms with Gasteiger partial charge >= 0.3 is 41.8 Å². The van der Waals surface area contributed by atoms with E-state index in [4.69, 9.17) is 55.8 Å². The number of hydrogen-bond donors (Lipinski definition) is 10. The van der Waals surface area contributed by atoms with Crippen LogP contribution in [0.2, 0.25) is 0 Å². The van der Waals surface area contributed by atoms with Crippen LogP contribution in [0.5, 0.6) is 0 Å². The summed E-state index contributed by atoms with van der Waals surface area (Å²) in [6.45, 7) is 1.01. The van der Waals surface area contributed by atoms with Crippen LogP contribution in [0.15, 0.2) is 0 Å². The minimum Gasteiger partial charge on any atom is -0.481 e. The summed E-state index contributed by atoms with van der Waals surface area (Å²) in [7, 11) is 0. The summed E-state index contributed by atoms with van der Waals surface area (Å²) in [5, 5.41) is 82.9. The Labute approximate surface area is 393 Å². The Kier molecular flexibility index (Phi) is 89.3. The molecule has 0 aromatic rings. The van der Waals surface area contributed by atoms with Gasteiger partial charge in [-0.25, -0.2) is 0 Å². The molecule has 21 heteroatoms. The second-order valence-electron chi connectivity index (χ2n) is 13.0. The van der Waals surface area contributed by atoms with Gasteiger partial charge in [-0.3, -0.25) is 43.2 Å². The monoisotopic (exact) mass is 969 g/mol. The predicted octanol–water partition coefficient (Wildman–Crippen LogP) is 6.08. The molecule has 0 bridgehead atoms. The van der Waals surface area contributed by atoms with Crippen molar-refractivity contribution in [2.24, 2.45) is 0 Å². The topological polar surface area (TPSA) is 374 Å². The van der Waals surface area contributed by atoms with E-state index in [-0.39, 0.29) is 146 Å². The lowest BCUT2D eigenvalue weighted by Gasteiger charge is -2.02. The number of carboxylic acid groups (broad SMARTS) is 5. The maximum Gasteiger partial charge on any atom is 0.306 e. The summed E-state index contributed by atoms with van der Waals surface area (Å²) < 4.78 is 9.46. The van der Waals surface area contributed by atoms with Gasteiger partial charge in [-0.15, -0.1) is 0 Å². The number of aliphatic hydroxyl groups excluding tert-OH is 5. The number of aliphatic carboxylic acids is 5. The van der Waals surface area contributed by atoms with Crippen LogP contribution in [-0.2, 0) is 52.6 Å². The minimum atomic E-state index is -1.01. The molecule has 0 aliphatic carbocycles. The van der Waals surface area contributed by atoms with E-state index < -0.39 is 35.8 Å². The molecule has 0 atom stereocenters. The Balaban J connectivity index is -0.0000000738. The number of ketones is 2. The highest BCUT2D eigenvalue weighted by Crippen LogP contribution is 2.06. The van der Waals surface area contributed by atoms with Gasteiger partial charge in [-0.1, -0.05) is 50.0 Å². The molecule has 0 rings (SSSR count). The SMILES string of the molecule is C.C.C.C.C.O=C(O)CCC(=O)CCCCCO.O=C(O)CCC(=O)OCCCCO.O=C(O)CCCC(=O)CCCCCO.O=C(O)CCCC(=O)OCCCCO.O=C(O)CCCO. The summed E-state index contributed by atoms with van der Waals surface area (Å²) in [5.41, 5.74) is 0.